The second kappa shape index (κ2) is 2.91. The fraction of sp³-hybridized carbons (Fsp3) is 0.875. The number of fused-ring (bicyclic) bond motifs is 1. The lowest BCUT2D eigenvalue weighted by molar-refractivity contribution is -0.109. The molecule has 0 aliphatic carbocycles. The van der Waals surface area contributed by atoms with Gasteiger partial charge in [0, 0.05) is 12.1 Å². The van der Waals surface area contributed by atoms with Crippen LogP contribution in [-0.2, 0) is 4.79 Å². The van der Waals surface area contributed by atoms with Gasteiger partial charge in [-0.3, -0.25) is 0 Å². The molecule has 3 nitrogen and oxygen atoms in total. The summed E-state index contributed by atoms with van der Waals surface area (Å²) in [6, 6.07) is 1.22. The van der Waals surface area contributed by atoms with Crippen LogP contribution in [0.1, 0.15) is 19.3 Å². The molecule has 0 spiro atoms. The molecule has 0 aromatic carbocycles. The number of carbonyl (C=O) groups is 1. The maximum Gasteiger partial charge on any atom is 0.136 e. The minimum absolute atomic E-state index is 0.107. The van der Waals surface area contributed by atoms with Crippen molar-refractivity contribution < 1.29 is 4.79 Å². The Kier molecular flexibility index (Phi) is 1.92. The molecule has 2 rings (SSSR count). The lowest BCUT2D eigenvalue weighted by Gasteiger charge is -2.25. The minimum atomic E-state index is 0.107. The number of carbonyl (C=O) groups excluding carboxylic acids is 1. The molecule has 2 aliphatic heterocycles. The first-order chi connectivity index (χ1) is 5.40. The van der Waals surface area contributed by atoms with Gasteiger partial charge in [0.15, 0.2) is 0 Å². The number of aldehydes is 1. The van der Waals surface area contributed by atoms with E-state index >= 15 is 0 Å². The zero-order valence-corrected chi connectivity index (χ0v) is 6.55. The van der Waals surface area contributed by atoms with Crippen molar-refractivity contribution in [2.24, 2.45) is 0 Å². The topological polar surface area (TPSA) is 41.1 Å². The van der Waals surface area contributed by atoms with Gasteiger partial charge in [0.25, 0.3) is 0 Å². The number of nitrogens with one attached hydrogen (secondary N) is 2. The van der Waals surface area contributed by atoms with Crippen LogP contribution in [0.5, 0.6) is 0 Å². The molecule has 2 heterocycles. The molecule has 0 bridgehead atoms. The van der Waals surface area contributed by atoms with E-state index in [1.807, 2.05) is 0 Å². The molecule has 0 aromatic rings. The number of piperidine rings is 1. The van der Waals surface area contributed by atoms with E-state index in [0.29, 0.717) is 12.1 Å². The SMILES string of the molecule is O=CC1CC2NCCCC2N1. The van der Waals surface area contributed by atoms with E-state index in [4.69, 9.17) is 0 Å². The lowest BCUT2D eigenvalue weighted by atomic mass is 10.00. The van der Waals surface area contributed by atoms with Crippen LogP contribution in [0.2, 0.25) is 0 Å². The maximum atomic E-state index is 10.5. The Morgan fingerprint density at radius 3 is 3.00 bits per heavy atom. The Bertz CT molecular complexity index is 146. The molecule has 3 heteroatoms. The van der Waals surface area contributed by atoms with Crippen LogP contribution in [0, 0.1) is 0 Å². The third-order valence-corrected chi connectivity index (χ3v) is 2.68. The molecule has 3 unspecified atom stereocenters. The predicted octanol–water partition coefficient (Wildman–Crippen LogP) is -0.332. The molecular weight excluding hydrogens is 140 g/mol. The zero-order valence-electron chi connectivity index (χ0n) is 6.55. The highest BCUT2D eigenvalue weighted by Crippen LogP contribution is 2.19. The van der Waals surface area contributed by atoms with Crippen LogP contribution >= 0.6 is 0 Å². The first-order valence-electron chi connectivity index (χ1n) is 4.35. The molecule has 0 saturated carbocycles. The smallest absolute Gasteiger partial charge is 0.136 e. The van der Waals surface area contributed by atoms with Crippen molar-refractivity contribution in [3.63, 3.8) is 0 Å². The van der Waals surface area contributed by atoms with Gasteiger partial charge in [-0.15, -0.1) is 0 Å². The first kappa shape index (κ1) is 7.25. The van der Waals surface area contributed by atoms with E-state index in [-0.39, 0.29) is 6.04 Å². The molecule has 62 valence electrons. The van der Waals surface area contributed by atoms with Gasteiger partial charge in [-0.2, -0.15) is 0 Å². The zero-order chi connectivity index (χ0) is 7.68. The fourth-order valence-electron chi connectivity index (χ4n) is 2.11. The van der Waals surface area contributed by atoms with Crippen molar-refractivity contribution in [1.29, 1.82) is 0 Å². The van der Waals surface area contributed by atoms with Crippen LogP contribution in [0.25, 0.3) is 0 Å². The summed E-state index contributed by atoms with van der Waals surface area (Å²) in [6.07, 6.45) is 4.47. The Balaban J connectivity index is 1.97. The number of hydrogen-bond acceptors (Lipinski definition) is 3. The Labute approximate surface area is 66.5 Å². The van der Waals surface area contributed by atoms with Gasteiger partial charge in [-0.05, 0) is 25.8 Å². The molecule has 11 heavy (non-hydrogen) atoms. The van der Waals surface area contributed by atoms with Crippen molar-refractivity contribution in [2.45, 2.75) is 37.4 Å². The van der Waals surface area contributed by atoms with E-state index in [9.17, 15) is 4.79 Å². The molecule has 0 aromatic heterocycles. The maximum absolute atomic E-state index is 10.5. The summed E-state index contributed by atoms with van der Waals surface area (Å²) in [5.41, 5.74) is 0. The standard InChI is InChI=1S/C8H14N2O/c11-5-6-4-8-7(10-6)2-1-3-9-8/h5-10H,1-4H2. The van der Waals surface area contributed by atoms with Crippen LogP contribution in [0.3, 0.4) is 0 Å². The highest BCUT2D eigenvalue weighted by atomic mass is 16.1. The van der Waals surface area contributed by atoms with Crippen molar-refractivity contribution in [2.75, 3.05) is 6.54 Å². The average Bonchev–Trinajstić information content (AvgIpc) is 2.46. The average molecular weight is 154 g/mol. The summed E-state index contributed by atoms with van der Waals surface area (Å²) in [5.74, 6) is 0. The predicted molar refractivity (Wildman–Crippen MR) is 42.4 cm³/mol. The van der Waals surface area contributed by atoms with E-state index in [2.05, 4.69) is 10.6 Å². The van der Waals surface area contributed by atoms with Gasteiger partial charge in [0.1, 0.15) is 6.29 Å². The van der Waals surface area contributed by atoms with Gasteiger partial charge >= 0.3 is 0 Å². The van der Waals surface area contributed by atoms with Gasteiger partial charge in [0.05, 0.1) is 6.04 Å². The van der Waals surface area contributed by atoms with Gasteiger partial charge < -0.3 is 15.4 Å². The van der Waals surface area contributed by atoms with Crippen molar-refractivity contribution >= 4 is 6.29 Å². The molecule has 2 saturated heterocycles. The summed E-state index contributed by atoms with van der Waals surface area (Å²) in [7, 11) is 0. The molecule has 0 amide bonds. The quantitative estimate of drug-likeness (QED) is 0.508. The van der Waals surface area contributed by atoms with Crippen LogP contribution in [0.4, 0.5) is 0 Å². The summed E-state index contributed by atoms with van der Waals surface area (Å²) >= 11 is 0. The highest BCUT2D eigenvalue weighted by molar-refractivity contribution is 5.58. The Morgan fingerprint density at radius 2 is 2.27 bits per heavy atom. The van der Waals surface area contributed by atoms with Crippen LogP contribution < -0.4 is 10.6 Å². The molecule has 2 aliphatic rings. The van der Waals surface area contributed by atoms with E-state index in [1.54, 1.807) is 0 Å². The van der Waals surface area contributed by atoms with Crippen LogP contribution in [0.15, 0.2) is 0 Å². The molecule has 3 atom stereocenters. The largest absolute Gasteiger partial charge is 0.312 e. The summed E-state index contributed by atoms with van der Waals surface area (Å²) in [4.78, 5) is 10.5. The molecule has 2 fully saturated rings. The van der Waals surface area contributed by atoms with Crippen molar-refractivity contribution in [1.82, 2.24) is 10.6 Å². The van der Waals surface area contributed by atoms with Gasteiger partial charge in [-0.25, -0.2) is 0 Å². The second-order valence-electron chi connectivity index (χ2n) is 3.45. The van der Waals surface area contributed by atoms with E-state index in [0.717, 1.165) is 19.3 Å². The molecular formula is C8H14N2O. The van der Waals surface area contributed by atoms with Crippen molar-refractivity contribution in [3.05, 3.63) is 0 Å². The van der Waals surface area contributed by atoms with Crippen LogP contribution in [-0.4, -0.2) is 31.0 Å². The third kappa shape index (κ3) is 1.30. The van der Waals surface area contributed by atoms with E-state index < -0.39 is 0 Å². The monoisotopic (exact) mass is 154 g/mol. The molecule has 2 N–H and O–H groups in total. The number of hydrogen-bond donors (Lipinski definition) is 2. The minimum Gasteiger partial charge on any atom is -0.312 e. The second-order valence-corrected chi connectivity index (χ2v) is 3.45. The Morgan fingerprint density at radius 1 is 1.36 bits per heavy atom. The fourth-order valence-corrected chi connectivity index (χ4v) is 2.11. The van der Waals surface area contributed by atoms with Gasteiger partial charge in [0.2, 0.25) is 0 Å². The third-order valence-electron chi connectivity index (χ3n) is 2.68. The first-order valence-corrected chi connectivity index (χ1v) is 4.35. The molecule has 0 radical (unpaired) electrons. The number of rotatable bonds is 1. The summed E-state index contributed by atoms with van der Waals surface area (Å²) in [5, 5.41) is 6.74. The Hall–Kier alpha value is -0.410. The summed E-state index contributed by atoms with van der Waals surface area (Å²) in [6.45, 7) is 1.12. The van der Waals surface area contributed by atoms with Crippen molar-refractivity contribution in [3.8, 4) is 0 Å². The van der Waals surface area contributed by atoms with Gasteiger partial charge in [-0.1, -0.05) is 0 Å². The summed E-state index contributed by atoms with van der Waals surface area (Å²) < 4.78 is 0. The normalized spacial score (nSPS) is 43.5. The lowest BCUT2D eigenvalue weighted by Crippen LogP contribution is -2.45. The van der Waals surface area contributed by atoms with E-state index in [1.165, 1.54) is 12.8 Å². The highest BCUT2D eigenvalue weighted by Gasteiger charge is 2.34.